The average Bonchev–Trinajstić information content (AvgIpc) is 3.19. The normalized spacial score (nSPS) is 22.8. The van der Waals surface area contributed by atoms with Crippen LogP contribution in [0.3, 0.4) is 0 Å². The Hall–Kier alpha value is -1.70. The first-order valence-electron chi connectivity index (χ1n) is 10.3. The third kappa shape index (κ3) is 4.00. The zero-order valence-electron chi connectivity index (χ0n) is 17.0. The van der Waals surface area contributed by atoms with Crippen molar-refractivity contribution in [3.8, 4) is 0 Å². The number of aryl methyl sites for hydroxylation is 2. The summed E-state index contributed by atoms with van der Waals surface area (Å²) in [4.78, 5) is 16.2. The number of nitrogens with zero attached hydrogens (tertiary/aromatic N) is 2. The second kappa shape index (κ2) is 8.20. The number of hydrogen-bond acceptors (Lipinski definition) is 4. The van der Waals surface area contributed by atoms with Crippen LogP contribution < -0.4 is 0 Å². The van der Waals surface area contributed by atoms with E-state index in [1.807, 2.05) is 31.0 Å². The molecule has 1 aliphatic carbocycles. The predicted octanol–water partition coefficient (Wildman–Crippen LogP) is 3.99. The van der Waals surface area contributed by atoms with Crippen molar-refractivity contribution >= 4 is 27.3 Å². The minimum Gasteiger partial charge on any atom is -0.338 e. The van der Waals surface area contributed by atoms with E-state index in [0.717, 1.165) is 37.0 Å². The first-order valence-corrected chi connectivity index (χ1v) is 12.5. The van der Waals surface area contributed by atoms with Crippen molar-refractivity contribution in [2.24, 2.45) is 5.92 Å². The largest absolute Gasteiger partial charge is 0.338 e. The molecule has 1 amide bonds. The highest BCUT2D eigenvalue weighted by Gasteiger charge is 2.37. The van der Waals surface area contributed by atoms with Crippen molar-refractivity contribution in [1.29, 1.82) is 0 Å². The monoisotopic (exact) mass is 432 g/mol. The number of benzene rings is 1. The molecular weight excluding hydrogens is 404 g/mol. The van der Waals surface area contributed by atoms with Crippen LogP contribution in [-0.4, -0.2) is 43.7 Å². The molecule has 2 atom stereocenters. The molecule has 0 saturated carbocycles. The van der Waals surface area contributed by atoms with Crippen LogP contribution >= 0.6 is 11.3 Å². The van der Waals surface area contributed by atoms with Crippen molar-refractivity contribution in [3.05, 3.63) is 52.4 Å². The number of sulfonamides is 1. The van der Waals surface area contributed by atoms with Crippen molar-refractivity contribution in [2.45, 2.75) is 49.3 Å². The van der Waals surface area contributed by atoms with Gasteiger partial charge in [0, 0.05) is 25.0 Å². The molecule has 2 unspecified atom stereocenters. The molecule has 7 heteroatoms. The summed E-state index contributed by atoms with van der Waals surface area (Å²) in [6.07, 6.45) is 4.55. The Bertz CT molecular complexity index is 999. The molecule has 2 heterocycles. The van der Waals surface area contributed by atoms with E-state index < -0.39 is 10.0 Å². The van der Waals surface area contributed by atoms with Crippen LogP contribution in [0.15, 0.2) is 40.6 Å². The molecule has 2 aliphatic rings. The van der Waals surface area contributed by atoms with E-state index in [0.29, 0.717) is 10.8 Å². The molecule has 0 bridgehead atoms. The number of rotatable bonds is 4. The number of piperidine rings is 1. The molecule has 1 aromatic carbocycles. The van der Waals surface area contributed by atoms with Gasteiger partial charge in [-0.3, -0.25) is 4.79 Å². The van der Waals surface area contributed by atoms with Crippen molar-refractivity contribution < 1.29 is 13.2 Å². The first kappa shape index (κ1) is 20.6. The lowest BCUT2D eigenvalue weighted by molar-refractivity contribution is -0.138. The van der Waals surface area contributed by atoms with Gasteiger partial charge in [0.25, 0.3) is 10.0 Å². The van der Waals surface area contributed by atoms with Crippen LogP contribution in [0.1, 0.15) is 47.7 Å². The van der Waals surface area contributed by atoms with E-state index in [-0.39, 0.29) is 24.4 Å². The third-order valence-corrected chi connectivity index (χ3v) is 9.53. The molecule has 29 heavy (non-hydrogen) atoms. The van der Waals surface area contributed by atoms with Crippen LogP contribution in [0.5, 0.6) is 0 Å². The lowest BCUT2D eigenvalue weighted by Crippen LogP contribution is -2.46. The summed E-state index contributed by atoms with van der Waals surface area (Å²) in [7, 11) is -1.65. The molecule has 1 aliphatic heterocycles. The van der Waals surface area contributed by atoms with E-state index in [4.69, 9.17) is 0 Å². The second-order valence-corrected chi connectivity index (χ2v) is 11.6. The van der Waals surface area contributed by atoms with E-state index in [9.17, 15) is 13.2 Å². The summed E-state index contributed by atoms with van der Waals surface area (Å²) in [5, 5.41) is 0. The van der Waals surface area contributed by atoms with Gasteiger partial charge in [0.2, 0.25) is 5.91 Å². The minimum atomic E-state index is -3.53. The van der Waals surface area contributed by atoms with Crippen molar-refractivity contribution in [3.63, 3.8) is 0 Å². The molecule has 2 aromatic rings. The van der Waals surface area contributed by atoms with Gasteiger partial charge >= 0.3 is 0 Å². The highest BCUT2D eigenvalue weighted by atomic mass is 32.2. The Labute approximate surface area is 177 Å². The van der Waals surface area contributed by atoms with Crippen LogP contribution in [0.2, 0.25) is 0 Å². The fourth-order valence-corrected chi connectivity index (χ4v) is 7.57. The zero-order chi connectivity index (χ0) is 20.6. The van der Waals surface area contributed by atoms with Gasteiger partial charge in [-0.25, -0.2) is 8.42 Å². The van der Waals surface area contributed by atoms with Crippen LogP contribution in [-0.2, 0) is 21.2 Å². The molecule has 1 saturated heterocycles. The second-order valence-electron chi connectivity index (χ2n) is 8.12. The number of hydrogen-bond donors (Lipinski definition) is 0. The van der Waals surface area contributed by atoms with Gasteiger partial charge in [0.1, 0.15) is 4.21 Å². The van der Waals surface area contributed by atoms with Gasteiger partial charge in [-0.15, -0.1) is 11.3 Å². The number of thiophene rings is 1. The SMILES string of the molecule is Cc1ccc(S(=O)(=O)N2CCCC(C(=O)N(C)C3CCCc4ccccc43)C2)s1. The van der Waals surface area contributed by atoms with Gasteiger partial charge in [-0.2, -0.15) is 4.31 Å². The summed E-state index contributed by atoms with van der Waals surface area (Å²) in [5.41, 5.74) is 2.56. The molecule has 4 rings (SSSR count). The standard InChI is InChI=1S/C22H28N2O3S2/c1-16-12-13-21(28-16)29(26,27)24-14-6-9-18(15-24)22(25)23(2)20-11-5-8-17-7-3-4-10-19(17)20/h3-4,7,10,12-13,18,20H,5-6,8-9,11,14-15H2,1-2H3. The quantitative estimate of drug-likeness (QED) is 0.734. The number of carbonyl (C=O) groups excluding carboxylic acids is 1. The van der Waals surface area contributed by atoms with Crippen molar-refractivity contribution in [2.75, 3.05) is 20.1 Å². The molecule has 1 fully saturated rings. The fraction of sp³-hybridized carbons (Fsp3) is 0.500. The maximum atomic E-state index is 13.3. The Kier molecular flexibility index (Phi) is 5.82. The Morgan fingerprint density at radius 1 is 1.14 bits per heavy atom. The van der Waals surface area contributed by atoms with Gasteiger partial charge in [0.15, 0.2) is 0 Å². The van der Waals surface area contributed by atoms with Crippen LogP contribution in [0.25, 0.3) is 0 Å². The van der Waals surface area contributed by atoms with Crippen LogP contribution in [0, 0.1) is 12.8 Å². The smallest absolute Gasteiger partial charge is 0.252 e. The maximum absolute atomic E-state index is 13.3. The Morgan fingerprint density at radius 2 is 1.93 bits per heavy atom. The van der Waals surface area contributed by atoms with Gasteiger partial charge in [-0.05, 0) is 62.3 Å². The Morgan fingerprint density at radius 3 is 2.69 bits per heavy atom. The van der Waals surface area contributed by atoms with E-state index in [2.05, 4.69) is 18.2 Å². The van der Waals surface area contributed by atoms with Gasteiger partial charge in [0.05, 0.1) is 12.0 Å². The third-order valence-electron chi connectivity index (χ3n) is 6.20. The maximum Gasteiger partial charge on any atom is 0.252 e. The zero-order valence-corrected chi connectivity index (χ0v) is 18.6. The first-order chi connectivity index (χ1) is 13.9. The van der Waals surface area contributed by atoms with Crippen molar-refractivity contribution in [1.82, 2.24) is 9.21 Å². The lowest BCUT2D eigenvalue weighted by atomic mass is 9.86. The molecule has 1 aromatic heterocycles. The molecular formula is C22H28N2O3S2. The molecule has 156 valence electrons. The molecule has 0 N–H and O–H groups in total. The number of fused-ring (bicyclic) bond motifs is 1. The topological polar surface area (TPSA) is 57.7 Å². The van der Waals surface area contributed by atoms with E-state index in [1.165, 1.54) is 26.8 Å². The highest BCUT2D eigenvalue weighted by Crippen LogP contribution is 2.35. The van der Waals surface area contributed by atoms with Crippen LogP contribution in [0.4, 0.5) is 0 Å². The summed E-state index contributed by atoms with van der Waals surface area (Å²) in [6.45, 7) is 2.67. The lowest BCUT2D eigenvalue weighted by Gasteiger charge is -2.38. The fourth-order valence-electron chi connectivity index (χ4n) is 4.61. The van der Waals surface area contributed by atoms with E-state index in [1.54, 1.807) is 6.07 Å². The average molecular weight is 433 g/mol. The Balaban J connectivity index is 1.51. The minimum absolute atomic E-state index is 0.0639. The summed E-state index contributed by atoms with van der Waals surface area (Å²) in [6, 6.07) is 12.0. The van der Waals surface area contributed by atoms with Gasteiger partial charge < -0.3 is 4.90 Å². The van der Waals surface area contributed by atoms with Gasteiger partial charge in [-0.1, -0.05) is 24.3 Å². The summed E-state index contributed by atoms with van der Waals surface area (Å²) < 4.78 is 27.9. The summed E-state index contributed by atoms with van der Waals surface area (Å²) >= 11 is 1.29. The highest BCUT2D eigenvalue weighted by molar-refractivity contribution is 7.91. The summed E-state index contributed by atoms with van der Waals surface area (Å²) in [5.74, 6) is -0.215. The molecule has 0 spiro atoms. The number of amides is 1. The molecule has 0 radical (unpaired) electrons. The van der Waals surface area contributed by atoms with E-state index >= 15 is 0 Å². The molecule has 5 nitrogen and oxygen atoms in total. The number of carbonyl (C=O) groups is 1. The predicted molar refractivity (Wildman–Crippen MR) is 115 cm³/mol.